The van der Waals surface area contributed by atoms with E-state index in [0.29, 0.717) is 5.41 Å². The second-order valence-electron chi connectivity index (χ2n) is 8.40. The number of nitrogens with one attached hydrogen (secondary N) is 1. The maximum Gasteiger partial charge on any atom is 0.0255 e. The van der Waals surface area contributed by atoms with Gasteiger partial charge in [-0.3, -0.25) is 4.90 Å². The molecule has 21 heavy (non-hydrogen) atoms. The fourth-order valence-corrected chi connectivity index (χ4v) is 4.70. The van der Waals surface area contributed by atoms with E-state index in [-0.39, 0.29) is 0 Å². The summed E-state index contributed by atoms with van der Waals surface area (Å²) in [5, 5.41) is 3.81. The van der Waals surface area contributed by atoms with Crippen LogP contribution < -0.4 is 5.32 Å². The minimum Gasteiger partial charge on any atom is -0.313 e. The van der Waals surface area contributed by atoms with Gasteiger partial charge in [-0.05, 0) is 62.9 Å². The van der Waals surface area contributed by atoms with E-state index in [9.17, 15) is 0 Å². The van der Waals surface area contributed by atoms with Crippen molar-refractivity contribution in [1.82, 2.24) is 10.2 Å². The molecule has 2 aliphatic rings. The van der Waals surface area contributed by atoms with E-state index in [0.717, 1.165) is 30.6 Å². The van der Waals surface area contributed by atoms with Crippen molar-refractivity contribution in [2.75, 3.05) is 13.1 Å². The van der Waals surface area contributed by atoms with Gasteiger partial charge in [0.25, 0.3) is 0 Å². The van der Waals surface area contributed by atoms with Gasteiger partial charge in [0.1, 0.15) is 0 Å². The maximum absolute atomic E-state index is 3.81. The van der Waals surface area contributed by atoms with Crippen LogP contribution in [0.4, 0.5) is 0 Å². The minimum absolute atomic E-state index is 0.465. The summed E-state index contributed by atoms with van der Waals surface area (Å²) in [7, 11) is 0. The zero-order chi connectivity index (χ0) is 15.5. The molecule has 0 aromatic carbocycles. The monoisotopic (exact) mass is 294 g/mol. The van der Waals surface area contributed by atoms with Gasteiger partial charge in [0.15, 0.2) is 0 Å². The molecular weight excluding hydrogens is 256 g/mol. The molecule has 1 aliphatic carbocycles. The molecule has 4 unspecified atom stereocenters. The van der Waals surface area contributed by atoms with E-state index in [4.69, 9.17) is 0 Å². The molecule has 2 nitrogen and oxygen atoms in total. The van der Waals surface area contributed by atoms with Crippen molar-refractivity contribution in [3.05, 3.63) is 0 Å². The van der Waals surface area contributed by atoms with E-state index in [1.807, 2.05) is 0 Å². The van der Waals surface area contributed by atoms with Gasteiger partial charge in [-0.2, -0.15) is 0 Å². The molecule has 0 spiro atoms. The van der Waals surface area contributed by atoms with Crippen LogP contribution >= 0.6 is 0 Å². The van der Waals surface area contributed by atoms with Crippen LogP contribution in [0.1, 0.15) is 79.6 Å². The Hall–Kier alpha value is -0.0800. The van der Waals surface area contributed by atoms with Crippen LogP contribution in [-0.2, 0) is 0 Å². The normalized spacial score (nSPS) is 35.9. The second-order valence-corrected chi connectivity index (χ2v) is 8.40. The van der Waals surface area contributed by atoms with Crippen LogP contribution in [0.5, 0.6) is 0 Å². The Kier molecular flexibility index (Phi) is 6.14. The first kappa shape index (κ1) is 17.3. The lowest BCUT2D eigenvalue weighted by atomic mass is 9.69. The molecule has 124 valence electrons. The highest BCUT2D eigenvalue weighted by Crippen LogP contribution is 2.41. The summed E-state index contributed by atoms with van der Waals surface area (Å²) in [6.45, 7) is 14.4. The first-order valence-corrected chi connectivity index (χ1v) is 9.46. The molecule has 0 aromatic heterocycles. The molecule has 0 amide bonds. The van der Waals surface area contributed by atoms with E-state index in [1.54, 1.807) is 0 Å². The molecule has 2 heteroatoms. The van der Waals surface area contributed by atoms with E-state index < -0.39 is 0 Å². The van der Waals surface area contributed by atoms with Gasteiger partial charge in [0.2, 0.25) is 0 Å². The zero-order valence-corrected chi connectivity index (χ0v) is 15.1. The van der Waals surface area contributed by atoms with Gasteiger partial charge in [0, 0.05) is 18.1 Å². The zero-order valence-electron chi connectivity index (χ0n) is 15.1. The van der Waals surface area contributed by atoms with Gasteiger partial charge in [0.05, 0.1) is 0 Å². The van der Waals surface area contributed by atoms with Crippen LogP contribution in [0.25, 0.3) is 0 Å². The number of likely N-dealkylation sites (N-methyl/N-ethyl adjacent to an activating group) is 1. The quantitative estimate of drug-likeness (QED) is 0.824. The lowest BCUT2D eigenvalue weighted by Gasteiger charge is -2.50. The van der Waals surface area contributed by atoms with Crippen molar-refractivity contribution in [3.63, 3.8) is 0 Å². The Labute approximate surface area is 133 Å². The minimum atomic E-state index is 0.465. The fourth-order valence-electron chi connectivity index (χ4n) is 4.70. The topological polar surface area (TPSA) is 15.3 Å². The lowest BCUT2D eigenvalue weighted by Crippen LogP contribution is -2.58. The van der Waals surface area contributed by atoms with Crippen LogP contribution in [0.15, 0.2) is 0 Å². The number of likely N-dealkylation sites (tertiary alicyclic amines) is 1. The molecule has 2 rings (SSSR count). The smallest absolute Gasteiger partial charge is 0.0255 e. The molecular formula is C19H38N2. The average molecular weight is 295 g/mol. The third kappa shape index (κ3) is 4.22. The highest BCUT2D eigenvalue weighted by atomic mass is 15.2. The van der Waals surface area contributed by atoms with Crippen LogP contribution in [0.3, 0.4) is 0 Å². The van der Waals surface area contributed by atoms with Crippen LogP contribution in [0, 0.1) is 11.3 Å². The molecule has 2 fully saturated rings. The summed E-state index contributed by atoms with van der Waals surface area (Å²) in [6, 6.07) is 2.33. The van der Waals surface area contributed by atoms with Gasteiger partial charge in [-0.1, -0.05) is 41.0 Å². The first-order chi connectivity index (χ1) is 9.97. The van der Waals surface area contributed by atoms with Gasteiger partial charge >= 0.3 is 0 Å². The first-order valence-electron chi connectivity index (χ1n) is 9.46. The third-order valence-corrected chi connectivity index (χ3v) is 6.08. The number of rotatable bonds is 4. The molecule has 0 radical (unpaired) electrons. The molecule has 1 saturated carbocycles. The average Bonchev–Trinajstić information content (AvgIpc) is 2.47. The number of hydrogen-bond donors (Lipinski definition) is 1. The van der Waals surface area contributed by atoms with Crippen molar-refractivity contribution < 1.29 is 0 Å². The van der Waals surface area contributed by atoms with Crippen molar-refractivity contribution in [2.24, 2.45) is 11.3 Å². The summed E-state index contributed by atoms with van der Waals surface area (Å²) >= 11 is 0. The third-order valence-electron chi connectivity index (χ3n) is 6.08. The fraction of sp³-hybridized carbons (Fsp3) is 1.00. The maximum atomic E-state index is 3.81. The van der Waals surface area contributed by atoms with Gasteiger partial charge in [-0.25, -0.2) is 0 Å². The Morgan fingerprint density at radius 3 is 2.43 bits per heavy atom. The summed E-state index contributed by atoms with van der Waals surface area (Å²) < 4.78 is 0. The molecule has 0 bridgehead atoms. The van der Waals surface area contributed by atoms with Crippen molar-refractivity contribution >= 4 is 0 Å². The van der Waals surface area contributed by atoms with Crippen LogP contribution in [-0.4, -0.2) is 36.1 Å². The summed E-state index contributed by atoms with van der Waals surface area (Å²) in [5.74, 6) is 0.886. The molecule has 4 atom stereocenters. The largest absolute Gasteiger partial charge is 0.313 e. The number of hydrogen-bond acceptors (Lipinski definition) is 2. The van der Waals surface area contributed by atoms with Crippen LogP contribution in [0.2, 0.25) is 0 Å². The van der Waals surface area contributed by atoms with E-state index >= 15 is 0 Å². The van der Waals surface area contributed by atoms with E-state index in [2.05, 4.69) is 44.8 Å². The predicted molar refractivity (Wildman–Crippen MR) is 92.7 cm³/mol. The SMILES string of the molecule is CCNC1CCC(C(C)(C)C)CC1N1CCCCC1CC. The van der Waals surface area contributed by atoms with E-state index in [1.165, 1.54) is 51.5 Å². The Balaban J connectivity index is 2.12. The Morgan fingerprint density at radius 1 is 1.05 bits per heavy atom. The summed E-state index contributed by atoms with van der Waals surface area (Å²) in [6.07, 6.45) is 9.78. The number of piperidine rings is 1. The molecule has 1 saturated heterocycles. The number of nitrogens with zero attached hydrogens (tertiary/aromatic N) is 1. The highest BCUT2D eigenvalue weighted by molar-refractivity contribution is 4.96. The molecule has 1 heterocycles. The van der Waals surface area contributed by atoms with Gasteiger partial charge in [-0.15, -0.1) is 0 Å². The summed E-state index contributed by atoms with van der Waals surface area (Å²) in [4.78, 5) is 2.90. The predicted octanol–water partition coefficient (Wildman–Crippen LogP) is 4.44. The lowest BCUT2D eigenvalue weighted by molar-refractivity contribution is 0.0150. The second kappa shape index (κ2) is 7.46. The Bertz CT molecular complexity index is 307. The highest BCUT2D eigenvalue weighted by Gasteiger charge is 2.40. The molecule has 1 aliphatic heterocycles. The molecule has 1 N–H and O–H groups in total. The van der Waals surface area contributed by atoms with Gasteiger partial charge < -0.3 is 5.32 Å². The Morgan fingerprint density at radius 2 is 1.81 bits per heavy atom. The van der Waals surface area contributed by atoms with Crippen molar-refractivity contribution in [1.29, 1.82) is 0 Å². The van der Waals surface area contributed by atoms with Crippen molar-refractivity contribution in [3.8, 4) is 0 Å². The summed E-state index contributed by atoms with van der Waals surface area (Å²) in [5.41, 5.74) is 0.465. The standard InChI is InChI=1S/C19H38N2/c1-6-16-10-8-9-13-21(16)18-14-15(19(3,4)5)11-12-17(18)20-7-2/h15-18,20H,6-14H2,1-5H3. The van der Waals surface area contributed by atoms with Crippen molar-refractivity contribution in [2.45, 2.75) is 97.7 Å². The molecule has 0 aromatic rings.